The molecule has 0 aliphatic carbocycles. The highest BCUT2D eigenvalue weighted by Gasteiger charge is 2.43. The molecule has 1 fully saturated rings. The number of aromatic nitrogens is 1. The molecule has 0 aromatic carbocycles. The Morgan fingerprint density at radius 1 is 1.62 bits per heavy atom. The predicted octanol–water partition coefficient (Wildman–Crippen LogP) is 3.03. The van der Waals surface area contributed by atoms with Crippen LogP contribution >= 0.6 is 0 Å². The molecule has 2 amide bonds. The Hall–Kier alpha value is -1.69. The number of hydrogen-bond acceptors (Lipinski definition) is 3. The van der Waals surface area contributed by atoms with Gasteiger partial charge < -0.3 is 15.0 Å². The van der Waals surface area contributed by atoms with Crippen molar-refractivity contribution >= 4 is 11.7 Å². The lowest BCUT2D eigenvalue weighted by Crippen LogP contribution is -2.52. The maximum absolute atomic E-state index is 13.6. The first-order chi connectivity index (χ1) is 10.1. The van der Waals surface area contributed by atoms with E-state index in [0.717, 1.165) is 31.9 Å². The normalized spacial score (nSPS) is 21.6. The number of amides is 2. The van der Waals surface area contributed by atoms with E-state index in [1.807, 2.05) is 0 Å². The van der Waals surface area contributed by atoms with Gasteiger partial charge in [0.2, 0.25) is 0 Å². The molecule has 21 heavy (non-hydrogen) atoms. The first kappa shape index (κ1) is 15.7. The number of nitrogens with one attached hydrogen (secondary N) is 1. The quantitative estimate of drug-likeness (QED) is 0.908. The van der Waals surface area contributed by atoms with E-state index in [1.54, 1.807) is 12.0 Å². The van der Waals surface area contributed by atoms with Crippen LogP contribution in [0.15, 0.2) is 18.5 Å². The second kappa shape index (κ2) is 6.85. The van der Waals surface area contributed by atoms with Gasteiger partial charge in [0.25, 0.3) is 0 Å². The van der Waals surface area contributed by atoms with Gasteiger partial charge >= 0.3 is 6.03 Å². The molecule has 2 rings (SSSR count). The number of methoxy groups -OCH3 is 1. The minimum Gasteiger partial charge on any atom is -0.382 e. The van der Waals surface area contributed by atoms with Crippen LogP contribution in [0.3, 0.4) is 0 Å². The zero-order valence-corrected chi connectivity index (χ0v) is 12.6. The molecule has 1 saturated heterocycles. The summed E-state index contributed by atoms with van der Waals surface area (Å²) in [6.07, 6.45) is 6.26. The van der Waals surface area contributed by atoms with Gasteiger partial charge in [0, 0.05) is 19.9 Å². The van der Waals surface area contributed by atoms with Crippen molar-refractivity contribution in [2.45, 2.75) is 38.1 Å². The standard InChI is InChI=1S/C15H22FN3O2/c1-3-6-15(11-21-2)7-4-9-19(15)14(20)18-13-5-8-17-10-12(13)16/h5,8,10H,3-4,6-7,9,11H2,1-2H3,(H,17,18,20)/t15-/m0/s1. The molecule has 1 N–H and O–H groups in total. The molecular weight excluding hydrogens is 273 g/mol. The first-order valence-electron chi connectivity index (χ1n) is 7.30. The van der Waals surface area contributed by atoms with Crippen LogP contribution in [0, 0.1) is 5.82 Å². The number of likely N-dealkylation sites (tertiary alicyclic amines) is 1. The summed E-state index contributed by atoms with van der Waals surface area (Å²) in [6.45, 7) is 3.27. The molecule has 6 heteroatoms. The van der Waals surface area contributed by atoms with Crippen molar-refractivity contribution in [3.63, 3.8) is 0 Å². The van der Waals surface area contributed by atoms with Crippen LogP contribution in [0.4, 0.5) is 14.9 Å². The molecule has 0 spiro atoms. The monoisotopic (exact) mass is 295 g/mol. The molecule has 1 aromatic rings. The van der Waals surface area contributed by atoms with Crippen molar-refractivity contribution in [1.29, 1.82) is 0 Å². The first-order valence-corrected chi connectivity index (χ1v) is 7.30. The topological polar surface area (TPSA) is 54.5 Å². The van der Waals surface area contributed by atoms with Gasteiger partial charge in [-0.2, -0.15) is 0 Å². The zero-order chi connectivity index (χ0) is 15.3. The molecule has 1 aromatic heterocycles. The summed E-state index contributed by atoms with van der Waals surface area (Å²) in [4.78, 5) is 18.0. The van der Waals surface area contributed by atoms with Gasteiger partial charge in [-0.1, -0.05) is 13.3 Å². The molecule has 1 atom stereocenters. The van der Waals surface area contributed by atoms with Crippen LogP contribution in [-0.2, 0) is 4.74 Å². The van der Waals surface area contributed by atoms with E-state index in [1.165, 1.54) is 12.3 Å². The average molecular weight is 295 g/mol. The van der Waals surface area contributed by atoms with E-state index < -0.39 is 5.82 Å². The van der Waals surface area contributed by atoms with Gasteiger partial charge in [0.05, 0.1) is 24.0 Å². The molecule has 1 aliphatic rings. The molecule has 2 heterocycles. The molecule has 0 unspecified atom stereocenters. The van der Waals surface area contributed by atoms with Crippen molar-refractivity contribution < 1.29 is 13.9 Å². The number of ether oxygens (including phenoxy) is 1. The number of pyridine rings is 1. The molecule has 116 valence electrons. The van der Waals surface area contributed by atoms with Crippen LogP contribution in [0.1, 0.15) is 32.6 Å². The number of carbonyl (C=O) groups is 1. The van der Waals surface area contributed by atoms with Crippen LogP contribution < -0.4 is 5.32 Å². The second-order valence-corrected chi connectivity index (χ2v) is 5.45. The van der Waals surface area contributed by atoms with Gasteiger partial charge in [-0.05, 0) is 25.3 Å². The largest absolute Gasteiger partial charge is 0.382 e. The third-order valence-electron chi connectivity index (χ3n) is 3.98. The Kier molecular flexibility index (Phi) is 5.12. The van der Waals surface area contributed by atoms with Gasteiger partial charge in [-0.3, -0.25) is 4.98 Å². The van der Waals surface area contributed by atoms with E-state index in [2.05, 4.69) is 17.2 Å². The highest BCUT2D eigenvalue weighted by atomic mass is 19.1. The minimum atomic E-state index is -0.530. The van der Waals surface area contributed by atoms with Crippen LogP contribution in [0.2, 0.25) is 0 Å². The SMILES string of the molecule is CCC[C@@]1(COC)CCCN1C(=O)Nc1ccncc1F. The van der Waals surface area contributed by atoms with Crippen LogP contribution in [0.25, 0.3) is 0 Å². The van der Waals surface area contributed by atoms with Gasteiger partial charge in [-0.15, -0.1) is 0 Å². The molecule has 1 aliphatic heterocycles. The Labute approximate surface area is 124 Å². The summed E-state index contributed by atoms with van der Waals surface area (Å²) in [5.41, 5.74) is -0.124. The highest BCUT2D eigenvalue weighted by molar-refractivity contribution is 5.90. The van der Waals surface area contributed by atoms with E-state index in [4.69, 9.17) is 4.74 Å². The lowest BCUT2D eigenvalue weighted by atomic mass is 9.91. The van der Waals surface area contributed by atoms with Crippen molar-refractivity contribution in [3.8, 4) is 0 Å². The smallest absolute Gasteiger partial charge is 0.322 e. The average Bonchev–Trinajstić information content (AvgIpc) is 2.86. The van der Waals surface area contributed by atoms with E-state index in [9.17, 15) is 9.18 Å². The predicted molar refractivity (Wildman–Crippen MR) is 78.7 cm³/mol. The Morgan fingerprint density at radius 2 is 2.43 bits per heavy atom. The number of urea groups is 1. The van der Waals surface area contributed by atoms with Crippen molar-refractivity contribution in [1.82, 2.24) is 9.88 Å². The summed E-state index contributed by atoms with van der Waals surface area (Å²) < 4.78 is 18.9. The molecule has 5 nitrogen and oxygen atoms in total. The number of nitrogens with zero attached hydrogens (tertiary/aromatic N) is 2. The molecule has 0 bridgehead atoms. The lowest BCUT2D eigenvalue weighted by Gasteiger charge is -2.38. The Balaban J connectivity index is 2.15. The number of anilines is 1. The Bertz CT molecular complexity index is 490. The second-order valence-electron chi connectivity index (χ2n) is 5.45. The van der Waals surface area contributed by atoms with Crippen molar-refractivity contribution in [2.75, 3.05) is 25.6 Å². The van der Waals surface area contributed by atoms with E-state index >= 15 is 0 Å². The van der Waals surface area contributed by atoms with Crippen LogP contribution in [0.5, 0.6) is 0 Å². The van der Waals surface area contributed by atoms with Gasteiger partial charge in [0.15, 0.2) is 5.82 Å². The van der Waals surface area contributed by atoms with E-state index in [-0.39, 0.29) is 17.3 Å². The van der Waals surface area contributed by atoms with E-state index in [0.29, 0.717) is 13.2 Å². The summed E-state index contributed by atoms with van der Waals surface area (Å²) in [5, 5.41) is 2.64. The summed E-state index contributed by atoms with van der Waals surface area (Å²) in [6, 6.07) is 1.18. The fourth-order valence-corrected chi connectivity index (χ4v) is 3.13. The highest BCUT2D eigenvalue weighted by Crippen LogP contribution is 2.34. The summed E-state index contributed by atoms with van der Waals surface area (Å²) in [7, 11) is 1.65. The number of halogens is 1. The maximum atomic E-state index is 13.6. The zero-order valence-electron chi connectivity index (χ0n) is 12.6. The van der Waals surface area contributed by atoms with Crippen LogP contribution in [-0.4, -0.2) is 41.7 Å². The molecule has 0 radical (unpaired) electrons. The number of rotatable bonds is 5. The minimum absolute atomic E-state index is 0.157. The third kappa shape index (κ3) is 3.32. The lowest BCUT2D eigenvalue weighted by molar-refractivity contribution is 0.0540. The van der Waals surface area contributed by atoms with Gasteiger partial charge in [0.1, 0.15) is 0 Å². The fourth-order valence-electron chi connectivity index (χ4n) is 3.13. The summed E-state index contributed by atoms with van der Waals surface area (Å²) in [5.74, 6) is -0.530. The van der Waals surface area contributed by atoms with Crippen molar-refractivity contribution in [2.24, 2.45) is 0 Å². The molecule has 0 saturated carbocycles. The maximum Gasteiger partial charge on any atom is 0.322 e. The summed E-state index contributed by atoms with van der Waals surface area (Å²) >= 11 is 0. The fraction of sp³-hybridized carbons (Fsp3) is 0.600. The molecular formula is C15H22FN3O2. The third-order valence-corrected chi connectivity index (χ3v) is 3.98. The number of carbonyl (C=O) groups excluding carboxylic acids is 1. The van der Waals surface area contributed by atoms with Crippen molar-refractivity contribution in [3.05, 3.63) is 24.3 Å². The van der Waals surface area contributed by atoms with Gasteiger partial charge in [-0.25, -0.2) is 9.18 Å². The Morgan fingerprint density at radius 3 is 3.10 bits per heavy atom. The number of hydrogen-bond donors (Lipinski definition) is 1.